The molecule has 0 radical (unpaired) electrons. The number of carboxylic acid groups (broad SMARTS) is 1. The Kier molecular flexibility index (Phi) is 2.39. The predicted octanol–water partition coefficient (Wildman–Crippen LogP) is 2.39. The van der Waals surface area contributed by atoms with E-state index in [1.807, 2.05) is 34.6 Å². The summed E-state index contributed by atoms with van der Waals surface area (Å²) in [5.41, 5.74) is -0.891. The molecule has 78 valence electrons. The van der Waals surface area contributed by atoms with Crippen molar-refractivity contribution in [1.29, 1.82) is 0 Å². The summed E-state index contributed by atoms with van der Waals surface area (Å²) >= 11 is 0. The fourth-order valence-electron chi connectivity index (χ4n) is 1.74. The minimum atomic E-state index is -0.771. The van der Waals surface area contributed by atoms with E-state index in [0.717, 1.165) is 0 Å². The van der Waals surface area contributed by atoms with E-state index in [1.165, 1.54) is 0 Å². The second-order valence-electron chi connectivity index (χ2n) is 5.25. The van der Waals surface area contributed by atoms with Crippen LogP contribution in [-0.2, 0) is 4.79 Å². The molecule has 1 N–H and O–H groups in total. The van der Waals surface area contributed by atoms with Crippen LogP contribution in [0, 0.1) is 34.5 Å². The van der Waals surface area contributed by atoms with Gasteiger partial charge in [-0.25, -0.2) is 0 Å². The Balaban J connectivity index is 2.94. The summed E-state index contributed by atoms with van der Waals surface area (Å²) in [7, 11) is 0. The van der Waals surface area contributed by atoms with Crippen LogP contribution < -0.4 is 0 Å². The van der Waals surface area contributed by atoms with Crippen molar-refractivity contribution in [2.24, 2.45) is 22.7 Å². The minimum absolute atomic E-state index is 0.121. The largest absolute Gasteiger partial charge is 0.480 e. The molecule has 2 nitrogen and oxygen atoms in total. The van der Waals surface area contributed by atoms with Gasteiger partial charge in [-0.2, -0.15) is 0 Å². The molecule has 1 aliphatic rings. The van der Waals surface area contributed by atoms with Crippen LogP contribution in [0.4, 0.5) is 0 Å². The van der Waals surface area contributed by atoms with Crippen LogP contribution in [0.2, 0.25) is 0 Å². The molecule has 2 atom stereocenters. The van der Waals surface area contributed by atoms with Gasteiger partial charge in [0.1, 0.15) is 5.41 Å². The molecule has 1 aliphatic carbocycles. The second-order valence-corrected chi connectivity index (χ2v) is 5.25. The van der Waals surface area contributed by atoms with Crippen LogP contribution in [0.1, 0.15) is 34.6 Å². The quantitative estimate of drug-likeness (QED) is 0.651. The Hall–Kier alpha value is -0.970. The molecular formula is C12H18O2. The fourth-order valence-corrected chi connectivity index (χ4v) is 1.74. The van der Waals surface area contributed by atoms with Gasteiger partial charge in [0.2, 0.25) is 0 Å². The first-order valence-electron chi connectivity index (χ1n) is 4.99. The molecule has 2 heteroatoms. The first-order valence-corrected chi connectivity index (χ1v) is 4.99. The lowest BCUT2D eigenvalue weighted by Crippen LogP contribution is -2.17. The highest BCUT2D eigenvalue weighted by atomic mass is 16.4. The topological polar surface area (TPSA) is 37.3 Å². The van der Waals surface area contributed by atoms with Crippen LogP contribution in [0.5, 0.6) is 0 Å². The van der Waals surface area contributed by atoms with Gasteiger partial charge >= 0.3 is 5.97 Å². The highest BCUT2D eigenvalue weighted by molar-refractivity contribution is 5.83. The summed E-state index contributed by atoms with van der Waals surface area (Å²) in [6, 6.07) is 0. The number of aliphatic carboxylic acids is 1. The number of rotatable bonds is 1. The first kappa shape index (κ1) is 11.1. The van der Waals surface area contributed by atoms with Crippen molar-refractivity contribution in [1.82, 2.24) is 0 Å². The highest BCUT2D eigenvalue weighted by Gasteiger charge is 2.64. The summed E-state index contributed by atoms with van der Waals surface area (Å²) < 4.78 is 0. The lowest BCUT2D eigenvalue weighted by atomic mass is 9.94. The molecule has 0 heterocycles. The van der Waals surface area contributed by atoms with E-state index in [4.69, 9.17) is 5.11 Å². The maximum Gasteiger partial charge on any atom is 0.322 e. The van der Waals surface area contributed by atoms with Crippen molar-refractivity contribution in [2.45, 2.75) is 34.6 Å². The maximum atomic E-state index is 11.1. The Labute approximate surface area is 85.7 Å². The molecule has 1 fully saturated rings. The highest BCUT2D eigenvalue weighted by Crippen LogP contribution is 2.58. The van der Waals surface area contributed by atoms with Crippen LogP contribution in [-0.4, -0.2) is 11.1 Å². The van der Waals surface area contributed by atoms with E-state index in [9.17, 15) is 4.79 Å². The minimum Gasteiger partial charge on any atom is -0.480 e. The fraction of sp³-hybridized carbons (Fsp3) is 0.750. The lowest BCUT2D eigenvalue weighted by Gasteiger charge is -2.09. The zero-order valence-corrected chi connectivity index (χ0v) is 9.51. The van der Waals surface area contributed by atoms with E-state index in [-0.39, 0.29) is 17.3 Å². The SMILES string of the molecule is CC1C(C)C1(C#CC(C)(C)C)C(=O)O. The van der Waals surface area contributed by atoms with E-state index in [0.29, 0.717) is 0 Å². The molecule has 0 bridgehead atoms. The predicted molar refractivity (Wildman–Crippen MR) is 55.6 cm³/mol. The molecule has 0 aromatic heterocycles. The Morgan fingerprint density at radius 2 is 1.71 bits per heavy atom. The van der Waals surface area contributed by atoms with Gasteiger partial charge in [0.15, 0.2) is 0 Å². The van der Waals surface area contributed by atoms with Crippen LogP contribution in [0.15, 0.2) is 0 Å². The number of hydrogen-bond donors (Lipinski definition) is 1. The Bertz CT molecular complexity index is 303. The molecule has 0 spiro atoms. The van der Waals surface area contributed by atoms with Crippen molar-refractivity contribution >= 4 is 5.97 Å². The smallest absolute Gasteiger partial charge is 0.322 e. The van der Waals surface area contributed by atoms with Crippen molar-refractivity contribution in [3.63, 3.8) is 0 Å². The number of carbonyl (C=O) groups is 1. The Morgan fingerprint density at radius 3 is 1.93 bits per heavy atom. The van der Waals surface area contributed by atoms with Gasteiger partial charge in [-0.3, -0.25) is 4.79 Å². The van der Waals surface area contributed by atoms with Crippen molar-refractivity contribution < 1.29 is 9.90 Å². The summed E-state index contributed by atoms with van der Waals surface area (Å²) in [6.45, 7) is 9.89. The van der Waals surface area contributed by atoms with Gasteiger partial charge in [-0.05, 0) is 32.6 Å². The molecule has 2 unspecified atom stereocenters. The molecule has 0 aliphatic heterocycles. The third-order valence-corrected chi connectivity index (χ3v) is 3.08. The van der Waals surface area contributed by atoms with Gasteiger partial charge < -0.3 is 5.11 Å². The summed E-state index contributed by atoms with van der Waals surface area (Å²) in [6.07, 6.45) is 0. The van der Waals surface area contributed by atoms with Crippen LogP contribution in [0.3, 0.4) is 0 Å². The molecule has 0 aromatic carbocycles. The zero-order chi connectivity index (χ0) is 11.1. The van der Waals surface area contributed by atoms with Gasteiger partial charge in [-0.1, -0.05) is 25.7 Å². The van der Waals surface area contributed by atoms with E-state index in [2.05, 4.69) is 11.8 Å². The molecule has 0 saturated heterocycles. The third kappa shape index (κ3) is 1.64. The summed E-state index contributed by atoms with van der Waals surface area (Å²) in [5, 5.41) is 9.14. The average molecular weight is 194 g/mol. The number of carboxylic acids is 1. The van der Waals surface area contributed by atoms with Crippen LogP contribution in [0.25, 0.3) is 0 Å². The van der Waals surface area contributed by atoms with Gasteiger partial charge in [0.05, 0.1) is 0 Å². The van der Waals surface area contributed by atoms with Gasteiger partial charge in [-0.15, -0.1) is 0 Å². The molecule has 14 heavy (non-hydrogen) atoms. The lowest BCUT2D eigenvalue weighted by molar-refractivity contribution is -0.141. The van der Waals surface area contributed by atoms with Crippen molar-refractivity contribution in [2.75, 3.05) is 0 Å². The normalized spacial score (nSPS) is 35.8. The molecule has 0 amide bonds. The standard InChI is InChI=1S/C12H18O2/c1-8-9(2)12(8,10(13)14)7-6-11(3,4)5/h8-9H,1-5H3,(H,13,14). The van der Waals surface area contributed by atoms with Crippen molar-refractivity contribution in [3.8, 4) is 11.8 Å². The van der Waals surface area contributed by atoms with E-state index in [1.54, 1.807) is 0 Å². The van der Waals surface area contributed by atoms with E-state index < -0.39 is 11.4 Å². The molecular weight excluding hydrogens is 176 g/mol. The molecule has 0 aromatic rings. The summed E-state index contributed by atoms with van der Waals surface area (Å²) in [5.74, 6) is 5.58. The Morgan fingerprint density at radius 1 is 1.29 bits per heavy atom. The summed E-state index contributed by atoms with van der Waals surface area (Å²) in [4.78, 5) is 11.1. The molecule has 1 rings (SSSR count). The van der Waals surface area contributed by atoms with E-state index >= 15 is 0 Å². The molecule has 1 saturated carbocycles. The maximum absolute atomic E-state index is 11.1. The third-order valence-electron chi connectivity index (χ3n) is 3.08. The van der Waals surface area contributed by atoms with Crippen molar-refractivity contribution in [3.05, 3.63) is 0 Å². The monoisotopic (exact) mass is 194 g/mol. The first-order chi connectivity index (χ1) is 6.22. The second kappa shape index (κ2) is 3.02. The average Bonchev–Trinajstić information content (AvgIpc) is 2.52. The van der Waals surface area contributed by atoms with Gasteiger partial charge in [0, 0.05) is 5.41 Å². The van der Waals surface area contributed by atoms with Crippen LogP contribution >= 0.6 is 0 Å². The zero-order valence-electron chi connectivity index (χ0n) is 9.51. The van der Waals surface area contributed by atoms with Gasteiger partial charge in [0.25, 0.3) is 0 Å². The number of hydrogen-bond acceptors (Lipinski definition) is 1.